The van der Waals surface area contributed by atoms with E-state index in [2.05, 4.69) is 0 Å². The van der Waals surface area contributed by atoms with Crippen LogP contribution in [0, 0.1) is 0 Å². The van der Waals surface area contributed by atoms with Crippen molar-refractivity contribution in [2.24, 2.45) is 0 Å². The van der Waals surface area contributed by atoms with E-state index in [1.807, 2.05) is 0 Å². The van der Waals surface area contributed by atoms with Gasteiger partial charge in [-0.3, -0.25) is 4.79 Å². The second kappa shape index (κ2) is 3.30. The number of hydrogen-bond donors (Lipinski definition) is 4. The first-order valence-corrected chi connectivity index (χ1v) is 4.97. The average molecular weight is 224 g/mol. The highest BCUT2D eigenvalue weighted by Gasteiger charge is 2.48. The van der Waals surface area contributed by atoms with Gasteiger partial charge in [-0.25, -0.2) is 0 Å². The van der Waals surface area contributed by atoms with Crippen molar-refractivity contribution < 1.29 is 25.2 Å². The van der Waals surface area contributed by atoms with Crippen LogP contribution < -0.4 is 0 Å². The number of hydrogen-bond acceptors (Lipinski definition) is 4. The molecular formula is C11H12O5. The van der Waals surface area contributed by atoms with E-state index in [4.69, 9.17) is 10.2 Å². The summed E-state index contributed by atoms with van der Waals surface area (Å²) in [6.45, 7) is 0. The van der Waals surface area contributed by atoms with E-state index < -0.39 is 28.6 Å². The summed E-state index contributed by atoms with van der Waals surface area (Å²) in [4.78, 5) is 11.2. The lowest BCUT2D eigenvalue weighted by atomic mass is 9.64. The molecule has 16 heavy (non-hydrogen) atoms. The average Bonchev–Trinajstić information content (AvgIpc) is 2.16. The van der Waals surface area contributed by atoms with Gasteiger partial charge in [0.2, 0.25) is 5.75 Å². The second-order valence-corrected chi connectivity index (χ2v) is 4.07. The first-order chi connectivity index (χ1) is 7.49. The minimum Gasteiger partial charge on any atom is -0.504 e. The number of phenolic OH excluding ortho intramolecular Hbond substituents is 3. The van der Waals surface area contributed by atoms with Crippen molar-refractivity contribution in [3.63, 3.8) is 0 Å². The van der Waals surface area contributed by atoms with Gasteiger partial charge in [-0.1, -0.05) is 12.5 Å². The first-order valence-electron chi connectivity index (χ1n) is 4.97. The third-order valence-corrected chi connectivity index (χ3v) is 3.26. The summed E-state index contributed by atoms with van der Waals surface area (Å²) >= 11 is 0. The molecule has 1 saturated carbocycles. The lowest BCUT2D eigenvalue weighted by molar-refractivity contribution is -0.147. The second-order valence-electron chi connectivity index (χ2n) is 4.07. The monoisotopic (exact) mass is 224 g/mol. The Bertz CT molecular complexity index is 448. The fourth-order valence-electron chi connectivity index (χ4n) is 2.08. The minimum atomic E-state index is -1.12. The highest BCUT2D eigenvalue weighted by molar-refractivity contribution is 5.84. The molecule has 0 spiro atoms. The van der Waals surface area contributed by atoms with Gasteiger partial charge in [-0.2, -0.15) is 0 Å². The van der Waals surface area contributed by atoms with E-state index in [-0.39, 0.29) is 5.56 Å². The van der Waals surface area contributed by atoms with E-state index in [1.165, 1.54) is 12.1 Å². The van der Waals surface area contributed by atoms with Crippen LogP contribution in [0.1, 0.15) is 24.8 Å². The molecule has 0 radical (unpaired) electrons. The van der Waals surface area contributed by atoms with Crippen LogP contribution in [0.5, 0.6) is 17.2 Å². The summed E-state index contributed by atoms with van der Waals surface area (Å²) in [5.41, 5.74) is -0.948. The fourth-order valence-corrected chi connectivity index (χ4v) is 2.08. The minimum absolute atomic E-state index is 0.168. The maximum absolute atomic E-state index is 11.2. The van der Waals surface area contributed by atoms with E-state index in [9.17, 15) is 15.0 Å². The maximum Gasteiger partial charge on any atom is 0.314 e. The molecule has 0 atom stereocenters. The largest absolute Gasteiger partial charge is 0.504 e. The van der Waals surface area contributed by atoms with Gasteiger partial charge in [0.25, 0.3) is 0 Å². The van der Waals surface area contributed by atoms with E-state index in [0.29, 0.717) is 12.8 Å². The van der Waals surface area contributed by atoms with Gasteiger partial charge < -0.3 is 20.4 Å². The molecular weight excluding hydrogens is 212 g/mol. The van der Waals surface area contributed by atoms with Crippen molar-refractivity contribution in [3.05, 3.63) is 17.7 Å². The van der Waals surface area contributed by atoms with Gasteiger partial charge in [-0.15, -0.1) is 0 Å². The van der Waals surface area contributed by atoms with Crippen LogP contribution in [-0.2, 0) is 10.2 Å². The fraction of sp³-hybridized carbons (Fsp3) is 0.364. The Morgan fingerprint density at radius 1 is 1.12 bits per heavy atom. The highest BCUT2D eigenvalue weighted by Crippen LogP contribution is 2.50. The molecule has 0 heterocycles. The molecule has 4 N–H and O–H groups in total. The summed E-state index contributed by atoms with van der Waals surface area (Å²) in [7, 11) is 0. The number of benzene rings is 1. The standard InChI is InChI=1S/C11H12O5/c12-7-3-2-6(8(13)9(7)14)11(10(15)16)4-1-5-11/h2-3,12-14H,1,4-5H2,(H,15,16). The molecule has 1 aromatic carbocycles. The number of aliphatic carboxylic acids is 1. The zero-order chi connectivity index (χ0) is 11.9. The van der Waals surface area contributed by atoms with Gasteiger partial charge in [-0.05, 0) is 18.9 Å². The molecule has 0 amide bonds. The summed E-state index contributed by atoms with van der Waals surface area (Å²) in [6.07, 6.45) is 1.63. The maximum atomic E-state index is 11.2. The van der Waals surface area contributed by atoms with Gasteiger partial charge in [0.1, 0.15) is 0 Å². The number of carboxylic acids is 1. The number of carboxylic acid groups (broad SMARTS) is 1. The van der Waals surface area contributed by atoms with E-state index in [1.54, 1.807) is 0 Å². The molecule has 0 aliphatic heterocycles. The molecule has 86 valence electrons. The number of carbonyl (C=O) groups is 1. The van der Waals surface area contributed by atoms with E-state index >= 15 is 0 Å². The lowest BCUT2D eigenvalue weighted by Gasteiger charge is -2.38. The molecule has 0 unspecified atom stereocenters. The zero-order valence-corrected chi connectivity index (χ0v) is 8.47. The van der Waals surface area contributed by atoms with Crippen molar-refractivity contribution in [2.45, 2.75) is 24.7 Å². The molecule has 5 heteroatoms. The Hall–Kier alpha value is -1.91. The predicted molar refractivity (Wildman–Crippen MR) is 54.6 cm³/mol. The van der Waals surface area contributed by atoms with Gasteiger partial charge in [0.15, 0.2) is 11.5 Å². The molecule has 5 nitrogen and oxygen atoms in total. The van der Waals surface area contributed by atoms with Crippen LogP contribution in [0.3, 0.4) is 0 Å². The van der Waals surface area contributed by atoms with Crippen LogP contribution in [0.2, 0.25) is 0 Å². The quantitative estimate of drug-likeness (QED) is 0.568. The molecule has 1 aromatic rings. The Kier molecular flexibility index (Phi) is 2.18. The van der Waals surface area contributed by atoms with Crippen LogP contribution in [0.15, 0.2) is 12.1 Å². The van der Waals surface area contributed by atoms with E-state index in [0.717, 1.165) is 6.42 Å². The van der Waals surface area contributed by atoms with Gasteiger partial charge in [0, 0.05) is 5.56 Å². The Morgan fingerprint density at radius 3 is 2.19 bits per heavy atom. The van der Waals surface area contributed by atoms with Crippen LogP contribution in [-0.4, -0.2) is 26.4 Å². The molecule has 1 fully saturated rings. The molecule has 0 aromatic heterocycles. The van der Waals surface area contributed by atoms with Crippen molar-refractivity contribution in [1.29, 1.82) is 0 Å². The predicted octanol–water partition coefficient (Wildman–Crippen LogP) is 1.31. The summed E-state index contributed by atoms with van der Waals surface area (Å²) in [6, 6.07) is 2.53. The highest BCUT2D eigenvalue weighted by atomic mass is 16.4. The third-order valence-electron chi connectivity index (χ3n) is 3.26. The lowest BCUT2D eigenvalue weighted by Crippen LogP contribution is -2.42. The summed E-state index contributed by atoms with van der Waals surface area (Å²) in [5.74, 6) is -2.67. The SMILES string of the molecule is O=C(O)C1(c2ccc(O)c(O)c2O)CCC1. The van der Waals surface area contributed by atoms with Crippen molar-refractivity contribution in [3.8, 4) is 17.2 Å². The smallest absolute Gasteiger partial charge is 0.314 e. The van der Waals surface area contributed by atoms with Crippen molar-refractivity contribution >= 4 is 5.97 Å². The van der Waals surface area contributed by atoms with Crippen molar-refractivity contribution in [1.82, 2.24) is 0 Å². The number of aromatic hydroxyl groups is 3. The summed E-state index contributed by atoms with van der Waals surface area (Å²) in [5, 5.41) is 37.3. The van der Waals surface area contributed by atoms with Gasteiger partial charge in [0.05, 0.1) is 5.41 Å². The molecule has 0 bridgehead atoms. The van der Waals surface area contributed by atoms with Crippen LogP contribution >= 0.6 is 0 Å². The summed E-state index contributed by atoms with van der Waals surface area (Å²) < 4.78 is 0. The normalized spacial score (nSPS) is 17.8. The molecule has 1 aliphatic carbocycles. The Balaban J connectivity index is 2.56. The van der Waals surface area contributed by atoms with Gasteiger partial charge >= 0.3 is 5.97 Å². The molecule has 0 saturated heterocycles. The topological polar surface area (TPSA) is 98.0 Å². The first kappa shape index (κ1) is 10.6. The third kappa shape index (κ3) is 1.21. The van der Waals surface area contributed by atoms with Crippen LogP contribution in [0.25, 0.3) is 0 Å². The Labute approximate surface area is 91.6 Å². The number of phenols is 3. The molecule has 2 rings (SSSR count). The van der Waals surface area contributed by atoms with Crippen molar-refractivity contribution in [2.75, 3.05) is 0 Å². The Morgan fingerprint density at radius 2 is 1.75 bits per heavy atom. The number of rotatable bonds is 2. The zero-order valence-electron chi connectivity index (χ0n) is 8.47. The van der Waals surface area contributed by atoms with Crippen LogP contribution in [0.4, 0.5) is 0 Å². The molecule has 1 aliphatic rings.